The number of benzene rings is 2. The molecule has 2 aromatic carbocycles. The van der Waals surface area contributed by atoms with E-state index in [9.17, 15) is 10.1 Å². The molecule has 0 saturated heterocycles. The molecule has 2 aromatic rings. The molecule has 0 N–H and O–H groups in total. The summed E-state index contributed by atoms with van der Waals surface area (Å²) in [5, 5.41) is 11.0. The second kappa shape index (κ2) is 5.82. The monoisotopic (exact) mass is 255 g/mol. The average molecular weight is 255 g/mol. The van der Waals surface area contributed by atoms with Gasteiger partial charge in [0, 0.05) is 6.07 Å². The number of nitrogens with zero attached hydrogens (tertiary/aromatic N) is 1. The van der Waals surface area contributed by atoms with Crippen molar-refractivity contribution in [3.63, 3.8) is 0 Å². The van der Waals surface area contributed by atoms with Crippen LogP contribution in [0.1, 0.15) is 11.1 Å². The van der Waals surface area contributed by atoms with Crippen LogP contribution in [0.5, 0.6) is 5.75 Å². The van der Waals surface area contributed by atoms with Gasteiger partial charge in [0.25, 0.3) is 5.69 Å². The van der Waals surface area contributed by atoms with Crippen molar-refractivity contribution in [2.45, 2.75) is 0 Å². The first-order valence-corrected chi connectivity index (χ1v) is 5.76. The molecule has 2 rings (SSSR count). The van der Waals surface area contributed by atoms with Crippen LogP contribution in [-0.2, 0) is 0 Å². The fraction of sp³-hybridized carbons (Fsp3) is 0.0667. The number of ether oxygens (including phenoxy) is 1. The van der Waals surface area contributed by atoms with E-state index in [2.05, 4.69) is 0 Å². The summed E-state index contributed by atoms with van der Waals surface area (Å²) in [6, 6.07) is 14.3. The van der Waals surface area contributed by atoms with E-state index in [-0.39, 0.29) is 5.69 Å². The number of hydrogen-bond acceptors (Lipinski definition) is 3. The van der Waals surface area contributed by atoms with Crippen LogP contribution in [0.15, 0.2) is 48.5 Å². The molecule has 4 heteroatoms. The zero-order chi connectivity index (χ0) is 13.7. The summed E-state index contributed by atoms with van der Waals surface area (Å²) in [6.45, 7) is 0. The molecule has 19 heavy (non-hydrogen) atoms. The summed E-state index contributed by atoms with van der Waals surface area (Å²) in [7, 11) is 1.53. The molecule has 4 nitrogen and oxygen atoms in total. The number of hydrogen-bond donors (Lipinski definition) is 0. The summed E-state index contributed by atoms with van der Waals surface area (Å²) in [6.07, 6.45) is 3.55. The number of nitro groups is 1. The molecule has 0 saturated carbocycles. The van der Waals surface area contributed by atoms with E-state index in [1.165, 1.54) is 13.2 Å². The van der Waals surface area contributed by atoms with Gasteiger partial charge in [-0.05, 0) is 23.8 Å². The molecular formula is C15H13NO3. The SMILES string of the molecule is COc1ccc([N+](=O)[O-])c(/C=C/c2ccccc2)c1. The Labute approximate surface area is 111 Å². The molecule has 0 radical (unpaired) electrons. The third-order valence-electron chi connectivity index (χ3n) is 2.69. The first-order valence-electron chi connectivity index (χ1n) is 5.76. The summed E-state index contributed by atoms with van der Waals surface area (Å²) in [5.74, 6) is 0.596. The van der Waals surface area contributed by atoms with E-state index < -0.39 is 4.92 Å². The zero-order valence-corrected chi connectivity index (χ0v) is 10.4. The van der Waals surface area contributed by atoms with Crippen molar-refractivity contribution < 1.29 is 9.66 Å². The van der Waals surface area contributed by atoms with Gasteiger partial charge in [0.05, 0.1) is 17.6 Å². The lowest BCUT2D eigenvalue weighted by atomic mass is 10.1. The van der Waals surface area contributed by atoms with Crippen LogP contribution in [0.2, 0.25) is 0 Å². The van der Waals surface area contributed by atoms with Gasteiger partial charge in [-0.3, -0.25) is 10.1 Å². The topological polar surface area (TPSA) is 52.4 Å². The quantitative estimate of drug-likeness (QED) is 0.474. The summed E-state index contributed by atoms with van der Waals surface area (Å²) in [4.78, 5) is 10.6. The summed E-state index contributed by atoms with van der Waals surface area (Å²) >= 11 is 0. The smallest absolute Gasteiger partial charge is 0.276 e. The average Bonchev–Trinajstić information content (AvgIpc) is 2.45. The Balaban J connectivity index is 2.37. The van der Waals surface area contributed by atoms with Crippen LogP contribution in [0.4, 0.5) is 5.69 Å². The molecule has 0 atom stereocenters. The molecule has 0 aliphatic rings. The van der Waals surface area contributed by atoms with E-state index in [4.69, 9.17) is 4.74 Å². The summed E-state index contributed by atoms with van der Waals surface area (Å²) < 4.78 is 5.09. The highest BCUT2D eigenvalue weighted by Crippen LogP contribution is 2.25. The van der Waals surface area contributed by atoms with Crippen molar-refractivity contribution >= 4 is 17.8 Å². The molecule has 0 aromatic heterocycles. The van der Waals surface area contributed by atoms with Crippen molar-refractivity contribution in [2.24, 2.45) is 0 Å². The van der Waals surface area contributed by atoms with Crippen LogP contribution < -0.4 is 4.74 Å². The van der Waals surface area contributed by atoms with Crippen molar-refractivity contribution in [3.05, 3.63) is 69.8 Å². The van der Waals surface area contributed by atoms with Crippen LogP contribution in [-0.4, -0.2) is 12.0 Å². The first kappa shape index (κ1) is 12.8. The molecule has 0 heterocycles. The Kier molecular flexibility index (Phi) is 3.93. The van der Waals surface area contributed by atoms with E-state index in [0.29, 0.717) is 11.3 Å². The van der Waals surface area contributed by atoms with Gasteiger partial charge in [0.15, 0.2) is 0 Å². The van der Waals surface area contributed by atoms with Crippen LogP contribution in [0.3, 0.4) is 0 Å². The van der Waals surface area contributed by atoms with Crippen molar-refractivity contribution in [2.75, 3.05) is 7.11 Å². The zero-order valence-electron chi connectivity index (χ0n) is 10.4. The highest BCUT2D eigenvalue weighted by molar-refractivity contribution is 5.74. The fourth-order valence-electron chi connectivity index (χ4n) is 1.71. The van der Waals surface area contributed by atoms with E-state index >= 15 is 0 Å². The van der Waals surface area contributed by atoms with Gasteiger partial charge in [-0.25, -0.2) is 0 Å². The van der Waals surface area contributed by atoms with E-state index in [0.717, 1.165) is 5.56 Å². The molecule has 0 aliphatic heterocycles. The maximum atomic E-state index is 11.0. The van der Waals surface area contributed by atoms with Crippen LogP contribution in [0, 0.1) is 10.1 Å². The van der Waals surface area contributed by atoms with Gasteiger partial charge < -0.3 is 4.74 Å². The van der Waals surface area contributed by atoms with Crippen LogP contribution >= 0.6 is 0 Å². The Morgan fingerprint density at radius 1 is 1.11 bits per heavy atom. The van der Waals surface area contributed by atoms with Crippen LogP contribution in [0.25, 0.3) is 12.2 Å². The Bertz CT molecular complexity index is 606. The second-order valence-corrected chi connectivity index (χ2v) is 3.93. The minimum absolute atomic E-state index is 0.0629. The molecule has 96 valence electrons. The minimum Gasteiger partial charge on any atom is -0.497 e. The fourth-order valence-corrected chi connectivity index (χ4v) is 1.71. The number of methoxy groups -OCH3 is 1. The lowest BCUT2D eigenvalue weighted by Gasteiger charge is -2.02. The molecular weight excluding hydrogens is 242 g/mol. The third kappa shape index (κ3) is 3.19. The molecule has 0 bridgehead atoms. The van der Waals surface area contributed by atoms with Gasteiger partial charge in [0.1, 0.15) is 5.75 Å². The van der Waals surface area contributed by atoms with Gasteiger partial charge in [-0.2, -0.15) is 0 Å². The predicted molar refractivity (Wildman–Crippen MR) is 75.0 cm³/mol. The maximum absolute atomic E-state index is 11.0. The van der Waals surface area contributed by atoms with Crippen molar-refractivity contribution in [1.29, 1.82) is 0 Å². The largest absolute Gasteiger partial charge is 0.497 e. The predicted octanol–water partition coefficient (Wildman–Crippen LogP) is 3.77. The molecule has 0 unspecified atom stereocenters. The highest BCUT2D eigenvalue weighted by Gasteiger charge is 2.11. The molecule has 0 aliphatic carbocycles. The lowest BCUT2D eigenvalue weighted by Crippen LogP contribution is -1.92. The summed E-state index contributed by atoms with van der Waals surface area (Å²) in [5.41, 5.74) is 1.57. The molecule has 0 spiro atoms. The molecule has 0 amide bonds. The van der Waals surface area contributed by atoms with E-state index in [1.54, 1.807) is 18.2 Å². The lowest BCUT2D eigenvalue weighted by molar-refractivity contribution is -0.385. The Morgan fingerprint density at radius 2 is 1.84 bits per heavy atom. The van der Waals surface area contributed by atoms with E-state index in [1.807, 2.05) is 36.4 Å². The number of rotatable bonds is 4. The van der Waals surface area contributed by atoms with Crippen molar-refractivity contribution in [3.8, 4) is 5.75 Å². The van der Waals surface area contributed by atoms with Crippen molar-refractivity contribution in [1.82, 2.24) is 0 Å². The highest BCUT2D eigenvalue weighted by atomic mass is 16.6. The third-order valence-corrected chi connectivity index (χ3v) is 2.69. The standard InChI is InChI=1S/C15H13NO3/c1-19-14-9-10-15(16(17)18)13(11-14)8-7-12-5-3-2-4-6-12/h2-11H,1H3/b8-7+. The maximum Gasteiger partial charge on any atom is 0.276 e. The molecule has 0 fully saturated rings. The minimum atomic E-state index is -0.399. The first-order chi connectivity index (χ1) is 9.20. The van der Waals surface area contributed by atoms with Gasteiger partial charge in [-0.1, -0.05) is 36.4 Å². The normalized spacial score (nSPS) is 10.6. The Hall–Kier alpha value is -2.62. The van der Waals surface area contributed by atoms with Gasteiger partial charge in [-0.15, -0.1) is 0 Å². The van der Waals surface area contributed by atoms with Gasteiger partial charge >= 0.3 is 0 Å². The Morgan fingerprint density at radius 3 is 2.47 bits per heavy atom. The van der Waals surface area contributed by atoms with Gasteiger partial charge in [0.2, 0.25) is 0 Å². The second-order valence-electron chi connectivity index (χ2n) is 3.93. The number of nitro benzene ring substituents is 1.